The van der Waals surface area contributed by atoms with E-state index in [0.29, 0.717) is 18.8 Å². The topological polar surface area (TPSA) is 34.0 Å². The Balaban J connectivity index is 1.84. The van der Waals surface area contributed by atoms with E-state index in [1.807, 2.05) is 0 Å². The standard InChI is InChI=1S/C16H21ClN2O/c1-13-12-14-6-2-3-7-15(14)19(13)11-5-10-18-16(20)8-4-9-17/h2-3,6-7,12H,4-5,8-11H2,1H3,(H,18,20). The van der Waals surface area contributed by atoms with Crippen molar-refractivity contribution in [2.45, 2.75) is 32.7 Å². The number of nitrogens with one attached hydrogen (secondary N) is 1. The number of aryl methyl sites for hydroxylation is 2. The number of aromatic nitrogens is 1. The molecule has 0 saturated carbocycles. The van der Waals surface area contributed by atoms with E-state index in [0.717, 1.165) is 19.4 Å². The second-order valence-corrected chi connectivity index (χ2v) is 5.37. The molecule has 3 nitrogen and oxygen atoms in total. The Bertz CT molecular complexity index is 577. The molecule has 0 aliphatic rings. The number of nitrogens with zero attached hydrogens (tertiary/aromatic N) is 1. The van der Waals surface area contributed by atoms with Crippen LogP contribution < -0.4 is 5.32 Å². The van der Waals surface area contributed by atoms with Crippen molar-refractivity contribution in [3.05, 3.63) is 36.0 Å². The van der Waals surface area contributed by atoms with E-state index >= 15 is 0 Å². The monoisotopic (exact) mass is 292 g/mol. The van der Waals surface area contributed by atoms with E-state index in [1.165, 1.54) is 16.6 Å². The smallest absolute Gasteiger partial charge is 0.220 e. The number of hydrogen-bond acceptors (Lipinski definition) is 1. The zero-order valence-electron chi connectivity index (χ0n) is 11.9. The first kappa shape index (κ1) is 14.9. The molecule has 1 amide bonds. The van der Waals surface area contributed by atoms with Crippen LogP contribution in [0.3, 0.4) is 0 Å². The Hall–Kier alpha value is -1.48. The molecule has 0 unspecified atom stereocenters. The van der Waals surface area contributed by atoms with Crippen LogP contribution in [-0.2, 0) is 11.3 Å². The van der Waals surface area contributed by atoms with E-state index in [1.54, 1.807) is 0 Å². The molecule has 1 aromatic heterocycles. The van der Waals surface area contributed by atoms with E-state index in [4.69, 9.17) is 11.6 Å². The molecule has 1 heterocycles. The van der Waals surface area contributed by atoms with Gasteiger partial charge in [0.05, 0.1) is 0 Å². The Kier molecular flexibility index (Phi) is 5.48. The van der Waals surface area contributed by atoms with Gasteiger partial charge in [-0.1, -0.05) is 18.2 Å². The third-order valence-corrected chi connectivity index (χ3v) is 3.70. The molecule has 0 bridgehead atoms. The summed E-state index contributed by atoms with van der Waals surface area (Å²) in [4.78, 5) is 11.5. The van der Waals surface area contributed by atoms with Gasteiger partial charge >= 0.3 is 0 Å². The van der Waals surface area contributed by atoms with Gasteiger partial charge in [-0.2, -0.15) is 0 Å². The molecule has 4 heteroatoms. The molecule has 0 spiro atoms. The first-order valence-corrected chi connectivity index (χ1v) is 7.63. The maximum atomic E-state index is 11.5. The fourth-order valence-electron chi connectivity index (χ4n) is 2.43. The van der Waals surface area contributed by atoms with Gasteiger partial charge in [0.2, 0.25) is 5.91 Å². The predicted molar refractivity (Wildman–Crippen MR) is 84.3 cm³/mol. The van der Waals surface area contributed by atoms with Crippen LogP contribution in [0.2, 0.25) is 0 Å². The lowest BCUT2D eigenvalue weighted by Gasteiger charge is -2.09. The van der Waals surface area contributed by atoms with Crippen LogP contribution in [0.5, 0.6) is 0 Å². The first-order valence-electron chi connectivity index (χ1n) is 7.10. The van der Waals surface area contributed by atoms with Crippen LogP contribution in [0.15, 0.2) is 30.3 Å². The molecule has 0 aliphatic carbocycles. The zero-order valence-corrected chi connectivity index (χ0v) is 12.6. The fourth-order valence-corrected chi connectivity index (χ4v) is 2.56. The van der Waals surface area contributed by atoms with Gasteiger partial charge in [0.1, 0.15) is 0 Å². The van der Waals surface area contributed by atoms with Crippen molar-refractivity contribution in [1.82, 2.24) is 9.88 Å². The quantitative estimate of drug-likeness (QED) is 0.615. The number of hydrogen-bond donors (Lipinski definition) is 1. The summed E-state index contributed by atoms with van der Waals surface area (Å²) in [7, 11) is 0. The van der Waals surface area contributed by atoms with Crippen LogP contribution in [0.1, 0.15) is 25.0 Å². The van der Waals surface area contributed by atoms with Gasteiger partial charge in [-0.3, -0.25) is 4.79 Å². The lowest BCUT2D eigenvalue weighted by molar-refractivity contribution is -0.121. The van der Waals surface area contributed by atoms with E-state index in [9.17, 15) is 4.79 Å². The number of halogens is 1. The van der Waals surface area contributed by atoms with Gasteiger partial charge in [0.15, 0.2) is 0 Å². The molecule has 0 aliphatic heterocycles. The number of rotatable bonds is 7. The highest BCUT2D eigenvalue weighted by molar-refractivity contribution is 6.17. The lowest BCUT2D eigenvalue weighted by atomic mass is 10.2. The number of alkyl halides is 1. The van der Waals surface area contributed by atoms with Gasteiger partial charge in [-0.25, -0.2) is 0 Å². The summed E-state index contributed by atoms with van der Waals surface area (Å²) < 4.78 is 2.31. The van der Waals surface area contributed by atoms with Gasteiger partial charge in [0, 0.05) is 36.6 Å². The number of benzene rings is 1. The Morgan fingerprint density at radius 1 is 1.30 bits per heavy atom. The lowest BCUT2D eigenvalue weighted by Crippen LogP contribution is -2.25. The van der Waals surface area contributed by atoms with Crippen LogP contribution in [-0.4, -0.2) is 22.9 Å². The van der Waals surface area contributed by atoms with Crippen molar-refractivity contribution in [1.29, 1.82) is 0 Å². The third kappa shape index (κ3) is 3.76. The van der Waals surface area contributed by atoms with Crippen molar-refractivity contribution in [3.63, 3.8) is 0 Å². The first-order chi connectivity index (χ1) is 9.72. The molecule has 0 saturated heterocycles. The molecular formula is C16H21ClN2O. The highest BCUT2D eigenvalue weighted by Gasteiger charge is 2.05. The van der Waals surface area contributed by atoms with Crippen molar-refractivity contribution in [2.75, 3.05) is 12.4 Å². The minimum absolute atomic E-state index is 0.0970. The average Bonchev–Trinajstić information content (AvgIpc) is 2.77. The molecule has 0 radical (unpaired) electrons. The number of fused-ring (bicyclic) bond motifs is 1. The van der Waals surface area contributed by atoms with Gasteiger partial charge in [-0.15, -0.1) is 11.6 Å². The molecule has 1 aromatic carbocycles. The second kappa shape index (κ2) is 7.34. The van der Waals surface area contributed by atoms with Crippen molar-refractivity contribution in [3.8, 4) is 0 Å². The summed E-state index contributed by atoms with van der Waals surface area (Å²) in [6.07, 6.45) is 2.20. The van der Waals surface area contributed by atoms with E-state index in [-0.39, 0.29) is 5.91 Å². The Morgan fingerprint density at radius 2 is 2.10 bits per heavy atom. The van der Waals surface area contributed by atoms with E-state index < -0.39 is 0 Å². The van der Waals surface area contributed by atoms with Crippen LogP contribution in [0.4, 0.5) is 0 Å². The van der Waals surface area contributed by atoms with Crippen molar-refractivity contribution >= 4 is 28.4 Å². The highest BCUT2D eigenvalue weighted by Crippen LogP contribution is 2.19. The molecular weight excluding hydrogens is 272 g/mol. The average molecular weight is 293 g/mol. The third-order valence-electron chi connectivity index (χ3n) is 3.44. The molecule has 108 valence electrons. The van der Waals surface area contributed by atoms with Gasteiger partial charge in [-0.05, 0) is 37.3 Å². The second-order valence-electron chi connectivity index (χ2n) is 4.99. The number of para-hydroxylation sites is 1. The van der Waals surface area contributed by atoms with Crippen LogP contribution >= 0.6 is 11.6 Å². The summed E-state index contributed by atoms with van der Waals surface area (Å²) in [5.41, 5.74) is 2.53. The molecule has 20 heavy (non-hydrogen) atoms. The Labute approximate surface area is 124 Å². The molecule has 1 N–H and O–H groups in total. The van der Waals surface area contributed by atoms with E-state index in [2.05, 4.69) is 47.1 Å². The number of amides is 1. The number of carbonyl (C=O) groups is 1. The van der Waals surface area contributed by atoms with Gasteiger partial charge in [0.25, 0.3) is 0 Å². The summed E-state index contributed by atoms with van der Waals surface area (Å²) in [5.74, 6) is 0.641. The summed E-state index contributed by atoms with van der Waals surface area (Å²) in [6, 6.07) is 10.6. The van der Waals surface area contributed by atoms with Gasteiger partial charge < -0.3 is 9.88 Å². The van der Waals surface area contributed by atoms with Crippen molar-refractivity contribution in [2.24, 2.45) is 0 Å². The fraction of sp³-hybridized carbons (Fsp3) is 0.438. The summed E-state index contributed by atoms with van der Waals surface area (Å²) in [5, 5.41) is 4.21. The maximum Gasteiger partial charge on any atom is 0.220 e. The highest BCUT2D eigenvalue weighted by atomic mass is 35.5. The largest absolute Gasteiger partial charge is 0.356 e. The summed E-state index contributed by atoms with van der Waals surface area (Å²) in [6.45, 7) is 3.77. The normalized spacial score (nSPS) is 10.9. The SMILES string of the molecule is Cc1cc2ccccc2n1CCCNC(=O)CCCCl. The Morgan fingerprint density at radius 3 is 2.90 bits per heavy atom. The van der Waals surface area contributed by atoms with Crippen LogP contribution in [0.25, 0.3) is 10.9 Å². The molecule has 0 fully saturated rings. The number of carbonyl (C=O) groups excluding carboxylic acids is 1. The van der Waals surface area contributed by atoms with Crippen molar-refractivity contribution < 1.29 is 4.79 Å². The zero-order chi connectivity index (χ0) is 14.4. The minimum atomic E-state index is 0.0970. The minimum Gasteiger partial charge on any atom is -0.356 e. The molecule has 2 aromatic rings. The summed E-state index contributed by atoms with van der Waals surface area (Å²) >= 11 is 5.56. The molecule has 0 atom stereocenters. The predicted octanol–water partition coefficient (Wildman–Crippen LogP) is 3.48. The van der Waals surface area contributed by atoms with Crippen LogP contribution in [0, 0.1) is 6.92 Å². The maximum absolute atomic E-state index is 11.5. The molecule has 2 rings (SSSR count).